The summed E-state index contributed by atoms with van der Waals surface area (Å²) in [4.78, 5) is 26.4. The number of aliphatic hydroxyl groups excluding tert-OH is 1. The number of nitrogens with zero attached hydrogens (tertiary/aromatic N) is 2. The van der Waals surface area contributed by atoms with Crippen LogP contribution in [0.3, 0.4) is 0 Å². The quantitative estimate of drug-likeness (QED) is 0.600. The van der Waals surface area contributed by atoms with Crippen molar-refractivity contribution in [3.8, 4) is 11.1 Å². The number of hydrazine groups is 1. The van der Waals surface area contributed by atoms with Crippen LogP contribution in [0.15, 0.2) is 53.6 Å². The average Bonchev–Trinajstić information content (AvgIpc) is 3.45. The highest BCUT2D eigenvalue weighted by molar-refractivity contribution is 5.98. The number of nitroso groups, excluding NO2 is 1. The number of nitrogens with one attached hydrogen (secondary N) is 2. The molecule has 1 aliphatic carbocycles. The maximum Gasteiger partial charge on any atom is 0.254 e. The van der Waals surface area contributed by atoms with Crippen molar-refractivity contribution in [3.63, 3.8) is 0 Å². The van der Waals surface area contributed by atoms with E-state index in [1.54, 1.807) is 0 Å². The highest BCUT2D eigenvalue weighted by atomic mass is 16.3. The third-order valence-corrected chi connectivity index (χ3v) is 6.77. The van der Waals surface area contributed by atoms with Gasteiger partial charge in [-0.25, -0.2) is 0 Å². The monoisotopic (exact) mass is 419 g/mol. The lowest BCUT2D eigenvalue weighted by atomic mass is 9.74. The number of carbonyl (C=O) groups excluding carboxylic acids is 1. The van der Waals surface area contributed by atoms with Crippen LogP contribution in [0, 0.1) is 16.2 Å². The molecule has 7 heteroatoms. The van der Waals surface area contributed by atoms with Crippen LogP contribution in [0.2, 0.25) is 0 Å². The molecule has 1 unspecified atom stereocenters. The Bertz CT molecular complexity index is 1020. The smallest absolute Gasteiger partial charge is 0.254 e. The second kappa shape index (κ2) is 7.98. The van der Waals surface area contributed by atoms with Gasteiger partial charge < -0.3 is 10.4 Å². The molecular formula is C24H27N4O3+. The second-order valence-corrected chi connectivity index (χ2v) is 8.93. The fourth-order valence-electron chi connectivity index (χ4n) is 4.81. The molecule has 5 rings (SSSR count). The molecule has 3 N–H and O–H groups in total. The van der Waals surface area contributed by atoms with E-state index in [0.717, 1.165) is 58.6 Å². The number of benzene rings is 2. The number of ketones is 1. The molecule has 2 aromatic rings. The summed E-state index contributed by atoms with van der Waals surface area (Å²) >= 11 is 0. The number of aliphatic hydroxyl groups is 1. The third-order valence-electron chi connectivity index (χ3n) is 6.77. The molecule has 0 spiro atoms. The van der Waals surface area contributed by atoms with Gasteiger partial charge in [0.2, 0.25) is 5.71 Å². The summed E-state index contributed by atoms with van der Waals surface area (Å²) in [6, 6.07) is 15.1. The topological polar surface area (TPSA) is 93.8 Å². The highest BCUT2D eigenvalue weighted by Gasteiger charge is 2.52. The molecule has 2 aromatic carbocycles. The zero-order chi connectivity index (χ0) is 21.4. The van der Waals surface area contributed by atoms with Gasteiger partial charge in [-0.05, 0) is 52.9 Å². The van der Waals surface area contributed by atoms with Gasteiger partial charge in [-0.2, -0.15) is 0 Å². The zero-order valence-corrected chi connectivity index (χ0v) is 17.4. The maximum atomic E-state index is 13.1. The summed E-state index contributed by atoms with van der Waals surface area (Å²) in [5.41, 5.74) is 6.66. The van der Waals surface area contributed by atoms with E-state index in [1.165, 1.54) is 0 Å². The van der Waals surface area contributed by atoms with Gasteiger partial charge in [0.05, 0.1) is 16.9 Å². The first-order chi connectivity index (χ1) is 15.1. The van der Waals surface area contributed by atoms with Crippen molar-refractivity contribution in [3.05, 3.63) is 64.6 Å². The predicted octanol–water partition coefficient (Wildman–Crippen LogP) is 2.89. The molecule has 2 heterocycles. The average molecular weight is 420 g/mol. The molecule has 1 saturated heterocycles. The minimum Gasteiger partial charge on any atom is -0.392 e. The minimum absolute atomic E-state index is 0.0234. The van der Waals surface area contributed by atoms with Crippen LogP contribution in [0.4, 0.5) is 0 Å². The van der Waals surface area contributed by atoms with E-state index in [-0.39, 0.29) is 12.5 Å². The molecule has 160 valence electrons. The Kier molecular flexibility index (Phi) is 5.16. The second-order valence-electron chi connectivity index (χ2n) is 8.93. The van der Waals surface area contributed by atoms with E-state index in [0.29, 0.717) is 18.7 Å². The zero-order valence-electron chi connectivity index (χ0n) is 17.4. The van der Waals surface area contributed by atoms with Crippen LogP contribution in [0.5, 0.6) is 0 Å². The first-order valence-corrected chi connectivity index (χ1v) is 10.9. The van der Waals surface area contributed by atoms with Gasteiger partial charge in [0.1, 0.15) is 5.78 Å². The van der Waals surface area contributed by atoms with E-state index < -0.39 is 11.5 Å². The van der Waals surface area contributed by atoms with Crippen molar-refractivity contribution >= 4 is 11.5 Å². The van der Waals surface area contributed by atoms with Gasteiger partial charge in [-0.3, -0.25) is 4.79 Å². The lowest BCUT2D eigenvalue weighted by Gasteiger charge is -2.25. The molecule has 2 aliphatic heterocycles. The normalized spacial score (nSPS) is 25.4. The van der Waals surface area contributed by atoms with Gasteiger partial charge in [0, 0.05) is 29.5 Å². The lowest BCUT2D eigenvalue weighted by Crippen LogP contribution is -2.38. The molecular weight excluding hydrogens is 392 g/mol. The first-order valence-electron chi connectivity index (χ1n) is 10.9. The number of carbonyl (C=O) groups is 1. The largest absolute Gasteiger partial charge is 0.392 e. The Morgan fingerprint density at radius 3 is 2.35 bits per heavy atom. The van der Waals surface area contributed by atoms with Crippen LogP contribution in [0.1, 0.15) is 42.9 Å². The van der Waals surface area contributed by atoms with Crippen molar-refractivity contribution in [2.24, 2.45) is 16.4 Å². The van der Waals surface area contributed by atoms with Crippen molar-refractivity contribution < 1.29 is 14.8 Å². The van der Waals surface area contributed by atoms with Crippen LogP contribution >= 0.6 is 0 Å². The molecule has 2 fully saturated rings. The van der Waals surface area contributed by atoms with E-state index in [4.69, 9.17) is 0 Å². The Morgan fingerprint density at radius 2 is 1.77 bits per heavy atom. The number of Topliss-reactive ketones (excluding diaryl/α,β-unsaturated/α-hetero) is 1. The summed E-state index contributed by atoms with van der Waals surface area (Å²) in [6.45, 7) is 1.51. The molecule has 0 aromatic heterocycles. The molecule has 31 heavy (non-hydrogen) atoms. The van der Waals surface area contributed by atoms with Crippen molar-refractivity contribution in [1.82, 2.24) is 10.9 Å². The summed E-state index contributed by atoms with van der Waals surface area (Å²) in [7, 11) is 0. The number of hydrogen-bond acceptors (Lipinski definition) is 5. The SMILES string of the molecule is O=C(C1CC1)[C@]1(CC2=NN[N+](=O)C2c2ccc(-c3ccc(CO)cc3)cc2)CCNC1. The Balaban J connectivity index is 1.37. The van der Waals surface area contributed by atoms with Crippen LogP contribution in [-0.4, -0.2) is 34.6 Å². The number of rotatable bonds is 7. The van der Waals surface area contributed by atoms with E-state index in [9.17, 15) is 14.8 Å². The molecule has 7 nitrogen and oxygen atoms in total. The molecule has 0 amide bonds. The molecule has 2 atom stereocenters. The lowest BCUT2D eigenvalue weighted by molar-refractivity contribution is -0.622. The van der Waals surface area contributed by atoms with Crippen LogP contribution in [0.25, 0.3) is 11.1 Å². The van der Waals surface area contributed by atoms with Crippen LogP contribution < -0.4 is 10.9 Å². The van der Waals surface area contributed by atoms with Crippen LogP contribution in [-0.2, 0) is 11.4 Å². The molecule has 0 bridgehead atoms. The van der Waals surface area contributed by atoms with Gasteiger partial charge in [-0.1, -0.05) is 48.5 Å². The molecule has 3 aliphatic rings. The van der Waals surface area contributed by atoms with Crippen molar-refractivity contribution in [2.45, 2.75) is 38.3 Å². The van der Waals surface area contributed by atoms with E-state index in [2.05, 4.69) is 16.0 Å². The standard InChI is InChI=1S/C24H27N4O3/c29-14-16-1-3-17(4-2-16)18-5-7-19(8-6-18)22-21(26-27-28(22)31)13-24(11-12-25-15-24)23(30)20-9-10-20/h1-8,20,22,25,29H,9-15H2,(H,27,31)/q+1/t22?,24-/m0/s1. The summed E-state index contributed by atoms with van der Waals surface area (Å²) < 4.78 is 0. The fourth-order valence-corrected chi connectivity index (χ4v) is 4.81. The minimum atomic E-state index is -0.532. The highest BCUT2D eigenvalue weighted by Crippen LogP contribution is 2.43. The fraction of sp³-hybridized carbons (Fsp3) is 0.417. The Morgan fingerprint density at radius 1 is 1.10 bits per heavy atom. The molecule has 1 saturated carbocycles. The maximum absolute atomic E-state index is 13.1. The van der Waals surface area contributed by atoms with Crippen molar-refractivity contribution in [1.29, 1.82) is 0 Å². The summed E-state index contributed by atoms with van der Waals surface area (Å²) in [6.07, 6.45) is 3.29. The third kappa shape index (κ3) is 3.79. The number of hydrazone groups is 1. The molecule has 0 radical (unpaired) electrons. The Hall–Kier alpha value is -2.90. The van der Waals surface area contributed by atoms with Gasteiger partial charge in [0.25, 0.3) is 6.04 Å². The summed E-state index contributed by atoms with van der Waals surface area (Å²) in [5, 5.41) is 16.9. The van der Waals surface area contributed by atoms with E-state index >= 15 is 0 Å². The van der Waals surface area contributed by atoms with Gasteiger partial charge in [0.15, 0.2) is 0 Å². The van der Waals surface area contributed by atoms with Crippen molar-refractivity contribution in [2.75, 3.05) is 13.1 Å². The Labute approximate surface area is 181 Å². The summed E-state index contributed by atoms with van der Waals surface area (Å²) in [5.74, 6) is 0.526. The number of hydrogen-bond donors (Lipinski definition) is 3. The predicted molar refractivity (Wildman–Crippen MR) is 117 cm³/mol. The van der Waals surface area contributed by atoms with Gasteiger partial charge in [-0.15, -0.1) is 0 Å². The first kappa shape index (κ1) is 20.0. The van der Waals surface area contributed by atoms with E-state index in [1.807, 2.05) is 48.5 Å². The van der Waals surface area contributed by atoms with Gasteiger partial charge >= 0.3 is 0 Å².